The molecule has 0 saturated carbocycles. The minimum absolute atomic E-state index is 0.111. The van der Waals surface area contributed by atoms with Gasteiger partial charge in [0.15, 0.2) is 5.75 Å². The van der Waals surface area contributed by atoms with Crippen molar-refractivity contribution in [3.63, 3.8) is 0 Å². The molecule has 1 heterocycles. The molecule has 0 fully saturated rings. The lowest BCUT2D eigenvalue weighted by molar-refractivity contribution is -0.384. The first-order valence-electron chi connectivity index (χ1n) is 5.78. The Bertz CT molecular complexity index is 636. The van der Waals surface area contributed by atoms with E-state index in [2.05, 4.69) is 15.3 Å². The molecule has 8 heteroatoms. The average Bonchev–Trinajstić information content (AvgIpc) is 2.42. The van der Waals surface area contributed by atoms with E-state index in [-0.39, 0.29) is 22.3 Å². The molecule has 0 aliphatic carbocycles. The lowest BCUT2D eigenvalue weighted by Crippen LogP contribution is -2.01. The Balaban J connectivity index is 2.27. The summed E-state index contributed by atoms with van der Waals surface area (Å²) in [6.07, 6.45) is 2.95. The van der Waals surface area contributed by atoms with Crippen LogP contribution in [-0.4, -0.2) is 21.4 Å². The molecule has 0 unspecified atom stereocenters. The maximum Gasteiger partial charge on any atom is 0.273 e. The molecule has 2 rings (SSSR count). The number of halogens is 1. The first-order valence-corrected chi connectivity index (χ1v) is 6.15. The lowest BCUT2D eigenvalue weighted by Gasteiger charge is -2.07. The van der Waals surface area contributed by atoms with Gasteiger partial charge in [0.1, 0.15) is 5.82 Å². The van der Waals surface area contributed by atoms with Crippen LogP contribution in [0.25, 0.3) is 0 Å². The summed E-state index contributed by atoms with van der Waals surface area (Å²) in [7, 11) is 0. The number of hydrogen-bond donors (Lipinski definition) is 1. The first-order chi connectivity index (χ1) is 9.60. The second-order valence-corrected chi connectivity index (χ2v) is 4.15. The third kappa shape index (κ3) is 3.33. The van der Waals surface area contributed by atoms with Gasteiger partial charge in [0.25, 0.3) is 5.69 Å². The number of rotatable bonds is 5. The van der Waals surface area contributed by atoms with E-state index in [1.807, 2.05) is 6.92 Å². The summed E-state index contributed by atoms with van der Waals surface area (Å²) in [5, 5.41) is 14.0. The van der Waals surface area contributed by atoms with Crippen molar-refractivity contribution in [1.82, 2.24) is 9.97 Å². The van der Waals surface area contributed by atoms with Crippen LogP contribution in [-0.2, 0) is 0 Å². The maximum absolute atomic E-state index is 10.7. The minimum Gasteiger partial charge on any atom is -0.436 e. The summed E-state index contributed by atoms with van der Waals surface area (Å²) >= 11 is 5.94. The number of benzene rings is 1. The fraction of sp³-hybridized carbons (Fsp3) is 0.167. The third-order valence-corrected chi connectivity index (χ3v) is 2.62. The van der Waals surface area contributed by atoms with Crippen LogP contribution in [0, 0.1) is 10.1 Å². The van der Waals surface area contributed by atoms with Crippen molar-refractivity contribution in [3.05, 3.63) is 45.7 Å². The number of nitro benzene ring substituents is 1. The summed E-state index contributed by atoms with van der Waals surface area (Å²) in [4.78, 5) is 18.3. The van der Waals surface area contributed by atoms with Crippen LogP contribution in [0.5, 0.6) is 11.6 Å². The highest BCUT2D eigenvalue weighted by Crippen LogP contribution is 2.32. The number of nitrogens with zero attached hydrogens (tertiary/aromatic N) is 3. The molecule has 2 aromatic rings. The molecule has 7 nitrogen and oxygen atoms in total. The van der Waals surface area contributed by atoms with Crippen molar-refractivity contribution in [1.29, 1.82) is 0 Å². The Morgan fingerprint density at radius 2 is 2.25 bits per heavy atom. The molecule has 0 aliphatic rings. The zero-order chi connectivity index (χ0) is 14.5. The SMILES string of the molecule is CCNc1cncc(Oc2cc([N+](=O)[O-])ccc2Cl)n1. The van der Waals surface area contributed by atoms with Gasteiger partial charge in [-0.2, -0.15) is 4.98 Å². The van der Waals surface area contributed by atoms with E-state index in [1.54, 1.807) is 6.20 Å². The summed E-state index contributed by atoms with van der Waals surface area (Å²) < 4.78 is 5.44. The highest BCUT2D eigenvalue weighted by Gasteiger charge is 2.12. The van der Waals surface area contributed by atoms with Gasteiger partial charge in [-0.15, -0.1) is 0 Å². The number of hydrogen-bond acceptors (Lipinski definition) is 6. The van der Waals surface area contributed by atoms with Crippen LogP contribution in [0.1, 0.15) is 6.92 Å². The third-order valence-electron chi connectivity index (χ3n) is 2.31. The van der Waals surface area contributed by atoms with Gasteiger partial charge in [-0.1, -0.05) is 11.6 Å². The van der Waals surface area contributed by atoms with E-state index >= 15 is 0 Å². The molecule has 0 atom stereocenters. The van der Waals surface area contributed by atoms with Crippen molar-refractivity contribution in [3.8, 4) is 11.6 Å². The largest absolute Gasteiger partial charge is 0.436 e. The number of anilines is 1. The molecule has 104 valence electrons. The first kappa shape index (κ1) is 14.0. The predicted molar refractivity (Wildman–Crippen MR) is 74.4 cm³/mol. The fourth-order valence-electron chi connectivity index (χ4n) is 1.46. The molecule has 0 saturated heterocycles. The van der Waals surface area contributed by atoms with Gasteiger partial charge < -0.3 is 10.1 Å². The van der Waals surface area contributed by atoms with E-state index in [1.165, 1.54) is 24.4 Å². The highest BCUT2D eigenvalue weighted by molar-refractivity contribution is 6.32. The average molecular weight is 295 g/mol. The van der Waals surface area contributed by atoms with Gasteiger partial charge in [0.2, 0.25) is 5.88 Å². The standard InChI is InChI=1S/C12H11ClN4O3/c1-2-15-11-6-14-7-12(16-11)20-10-5-8(17(18)19)3-4-9(10)13/h3-7H,2H2,1H3,(H,15,16). The normalized spacial score (nSPS) is 10.1. The summed E-state index contributed by atoms with van der Waals surface area (Å²) in [6.45, 7) is 2.61. The molecule has 20 heavy (non-hydrogen) atoms. The number of aromatic nitrogens is 2. The summed E-state index contributed by atoms with van der Waals surface area (Å²) in [5.41, 5.74) is -0.111. The Morgan fingerprint density at radius 1 is 1.45 bits per heavy atom. The number of ether oxygens (including phenoxy) is 1. The topological polar surface area (TPSA) is 90.2 Å². The Morgan fingerprint density at radius 3 is 2.95 bits per heavy atom. The monoisotopic (exact) mass is 294 g/mol. The molecule has 1 aromatic carbocycles. The van der Waals surface area contributed by atoms with Crippen molar-refractivity contribution in [2.24, 2.45) is 0 Å². The lowest BCUT2D eigenvalue weighted by atomic mass is 10.3. The molecule has 1 aromatic heterocycles. The van der Waals surface area contributed by atoms with Crippen molar-refractivity contribution in [2.45, 2.75) is 6.92 Å². The molecular weight excluding hydrogens is 284 g/mol. The van der Waals surface area contributed by atoms with Crippen LogP contribution < -0.4 is 10.1 Å². The Labute approximate surface area is 119 Å². The second kappa shape index (κ2) is 6.16. The van der Waals surface area contributed by atoms with Gasteiger partial charge in [-0.05, 0) is 13.0 Å². The van der Waals surface area contributed by atoms with Crippen molar-refractivity contribution in [2.75, 3.05) is 11.9 Å². The van der Waals surface area contributed by atoms with Crippen molar-refractivity contribution < 1.29 is 9.66 Å². The smallest absolute Gasteiger partial charge is 0.273 e. The summed E-state index contributed by atoms with van der Waals surface area (Å²) in [6, 6.07) is 3.94. The summed E-state index contributed by atoms with van der Waals surface area (Å²) in [5.74, 6) is 0.904. The van der Waals surface area contributed by atoms with Gasteiger partial charge in [0.05, 0.1) is 28.4 Å². The second-order valence-electron chi connectivity index (χ2n) is 3.75. The van der Waals surface area contributed by atoms with Crippen LogP contribution in [0.3, 0.4) is 0 Å². The number of nitrogens with one attached hydrogen (secondary N) is 1. The Kier molecular flexibility index (Phi) is 4.31. The molecule has 0 bridgehead atoms. The van der Waals surface area contributed by atoms with Gasteiger partial charge >= 0.3 is 0 Å². The molecule has 0 amide bonds. The predicted octanol–water partition coefficient (Wildman–Crippen LogP) is 3.26. The van der Waals surface area contributed by atoms with E-state index < -0.39 is 4.92 Å². The van der Waals surface area contributed by atoms with Crippen LogP contribution in [0.2, 0.25) is 5.02 Å². The van der Waals surface area contributed by atoms with E-state index in [0.717, 1.165) is 0 Å². The van der Waals surface area contributed by atoms with Crippen LogP contribution in [0.4, 0.5) is 11.5 Å². The van der Waals surface area contributed by atoms with Gasteiger partial charge in [-0.3, -0.25) is 15.1 Å². The molecule has 0 radical (unpaired) electrons. The van der Waals surface area contributed by atoms with Gasteiger partial charge in [-0.25, -0.2) is 0 Å². The van der Waals surface area contributed by atoms with Crippen LogP contribution in [0.15, 0.2) is 30.6 Å². The highest BCUT2D eigenvalue weighted by atomic mass is 35.5. The van der Waals surface area contributed by atoms with E-state index in [9.17, 15) is 10.1 Å². The zero-order valence-corrected chi connectivity index (χ0v) is 11.3. The molecular formula is C12H11ClN4O3. The van der Waals surface area contributed by atoms with Crippen molar-refractivity contribution >= 4 is 23.1 Å². The Hall–Kier alpha value is -2.41. The number of non-ortho nitro benzene ring substituents is 1. The van der Waals surface area contributed by atoms with Gasteiger partial charge in [0, 0.05) is 12.6 Å². The molecule has 1 N–H and O–H groups in total. The zero-order valence-electron chi connectivity index (χ0n) is 10.5. The quantitative estimate of drug-likeness (QED) is 0.672. The maximum atomic E-state index is 10.7. The van der Waals surface area contributed by atoms with E-state index in [4.69, 9.17) is 16.3 Å². The number of nitro groups is 1. The fourth-order valence-corrected chi connectivity index (χ4v) is 1.62. The minimum atomic E-state index is -0.524. The molecule has 0 spiro atoms. The van der Waals surface area contributed by atoms with E-state index in [0.29, 0.717) is 12.4 Å². The molecule has 0 aliphatic heterocycles. The van der Waals surface area contributed by atoms with Crippen LogP contribution >= 0.6 is 11.6 Å².